The minimum Gasteiger partial charge on any atom is -0.206 e. The molecular formula is C13H12BrNO4S2. The van der Waals surface area contributed by atoms with E-state index in [-0.39, 0.29) is 14.3 Å². The molecule has 0 aliphatic heterocycles. The molecule has 21 heavy (non-hydrogen) atoms. The van der Waals surface area contributed by atoms with E-state index in [9.17, 15) is 16.8 Å². The molecule has 0 fully saturated rings. The van der Waals surface area contributed by atoms with E-state index in [1.165, 1.54) is 30.3 Å². The lowest BCUT2D eigenvalue weighted by Gasteiger charge is -2.09. The average molecular weight is 390 g/mol. The molecule has 2 aromatic carbocycles. The van der Waals surface area contributed by atoms with Gasteiger partial charge in [0.05, 0.1) is 9.79 Å². The van der Waals surface area contributed by atoms with Crippen molar-refractivity contribution < 1.29 is 16.8 Å². The second-order valence-corrected chi connectivity index (χ2v) is 8.78. The normalized spacial score (nSPS) is 12.3. The van der Waals surface area contributed by atoms with Crippen LogP contribution in [-0.4, -0.2) is 16.8 Å². The van der Waals surface area contributed by atoms with Crippen LogP contribution in [-0.2, 0) is 20.0 Å². The van der Waals surface area contributed by atoms with Crippen LogP contribution < -0.4 is 4.13 Å². The molecule has 0 unspecified atom stereocenters. The summed E-state index contributed by atoms with van der Waals surface area (Å²) in [6.45, 7) is 1.72. The molecule has 0 aliphatic carbocycles. The molecule has 1 N–H and O–H groups in total. The number of sulfonamides is 2. The summed E-state index contributed by atoms with van der Waals surface area (Å²) >= 11 is 3.09. The van der Waals surface area contributed by atoms with Crippen LogP contribution in [0.15, 0.2) is 62.8 Å². The first-order valence-electron chi connectivity index (χ1n) is 5.82. The lowest BCUT2D eigenvalue weighted by atomic mass is 10.2. The summed E-state index contributed by atoms with van der Waals surface area (Å²) in [5.41, 5.74) is 0.719. The summed E-state index contributed by atoms with van der Waals surface area (Å²) in [7, 11) is -8.36. The van der Waals surface area contributed by atoms with Gasteiger partial charge in [0.25, 0.3) is 20.0 Å². The van der Waals surface area contributed by atoms with Crippen molar-refractivity contribution in [1.29, 1.82) is 0 Å². The first-order chi connectivity index (χ1) is 9.72. The van der Waals surface area contributed by atoms with Crippen LogP contribution in [0.3, 0.4) is 0 Å². The molecule has 0 aliphatic rings. The van der Waals surface area contributed by atoms with Crippen LogP contribution in [0.1, 0.15) is 5.56 Å². The fourth-order valence-electron chi connectivity index (χ4n) is 1.68. The maximum atomic E-state index is 12.2. The Morgan fingerprint density at radius 2 is 1.57 bits per heavy atom. The molecule has 2 aromatic rings. The van der Waals surface area contributed by atoms with Gasteiger partial charge in [-0.05, 0) is 52.7 Å². The predicted octanol–water partition coefficient (Wildman–Crippen LogP) is 2.42. The largest absolute Gasteiger partial charge is 0.254 e. The van der Waals surface area contributed by atoms with Crippen molar-refractivity contribution >= 4 is 36.0 Å². The summed E-state index contributed by atoms with van der Waals surface area (Å²) < 4.78 is 50.8. The van der Waals surface area contributed by atoms with E-state index in [0.717, 1.165) is 5.56 Å². The van der Waals surface area contributed by atoms with Crippen molar-refractivity contribution in [2.24, 2.45) is 0 Å². The lowest BCUT2D eigenvalue weighted by molar-refractivity contribution is 0.576. The quantitative estimate of drug-likeness (QED) is 0.870. The van der Waals surface area contributed by atoms with Crippen molar-refractivity contribution in [2.45, 2.75) is 16.7 Å². The van der Waals surface area contributed by atoms with Crippen LogP contribution >= 0.6 is 15.9 Å². The average Bonchev–Trinajstić information content (AvgIpc) is 2.37. The number of rotatable bonds is 4. The van der Waals surface area contributed by atoms with Crippen molar-refractivity contribution in [3.63, 3.8) is 0 Å². The molecular weight excluding hydrogens is 378 g/mol. The molecule has 0 aromatic heterocycles. The van der Waals surface area contributed by atoms with E-state index in [0.29, 0.717) is 0 Å². The van der Waals surface area contributed by atoms with Crippen molar-refractivity contribution in [3.8, 4) is 0 Å². The van der Waals surface area contributed by atoms with Gasteiger partial charge in [0.2, 0.25) is 0 Å². The highest BCUT2D eigenvalue weighted by atomic mass is 79.9. The molecule has 8 heteroatoms. The number of hydrogen-bond acceptors (Lipinski definition) is 4. The van der Waals surface area contributed by atoms with Crippen molar-refractivity contribution in [3.05, 3.63) is 58.6 Å². The second-order valence-electron chi connectivity index (χ2n) is 4.34. The molecule has 0 heterocycles. The Kier molecular flexibility index (Phi) is 4.52. The van der Waals surface area contributed by atoms with Gasteiger partial charge < -0.3 is 0 Å². The van der Waals surface area contributed by atoms with Crippen molar-refractivity contribution in [1.82, 2.24) is 4.13 Å². The minimum absolute atomic E-state index is 0.0990. The summed E-state index contributed by atoms with van der Waals surface area (Å²) in [5, 5.41) is 0. The fourth-order valence-corrected chi connectivity index (χ4v) is 5.69. The SMILES string of the molecule is Cc1cccc(S(=O)(=O)NS(=O)(=O)c2ccccc2Br)c1. The van der Waals surface area contributed by atoms with Crippen LogP contribution in [0.5, 0.6) is 0 Å². The molecule has 5 nitrogen and oxygen atoms in total. The number of aryl methyl sites for hydroxylation is 1. The van der Waals surface area contributed by atoms with E-state index in [1.807, 2.05) is 0 Å². The van der Waals surface area contributed by atoms with E-state index >= 15 is 0 Å². The van der Waals surface area contributed by atoms with Gasteiger partial charge in [-0.25, -0.2) is 16.8 Å². The molecule has 0 saturated carbocycles. The molecule has 0 atom stereocenters. The molecule has 0 saturated heterocycles. The van der Waals surface area contributed by atoms with Gasteiger partial charge >= 0.3 is 0 Å². The first-order valence-corrected chi connectivity index (χ1v) is 9.58. The minimum atomic E-state index is -4.19. The highest BCUT2D eigenvalue weighted by Crippen LogP contribution is 2.22. The zero-order chi connectivity index (χ0) is 15.7. The Hall–Kier alpha value is -1.22. The Balaban J connectivity index is 2.43. The number of hydrogen-bond donors (Lipinski definition) is 1. The highest BCUT2D eigenvalue weighted by molar-refractivity contribution is 9.10. The third-order valence-corrected chi connectivity index (χ3v) is 7.16. The molecule has 0 radical (unpaired) electrons. The predicted molar refractivity (Wildman–Crippen MR) is 82.8 cm³/mol. The van der Waals surface area contributed by atoms with Gasteiger partial charge in [0, 0.05) is 4.47 Å². The maximum absolute atomic E-state index is 12.2. The smallest absolute Gasteiger partial charge is 0.206 e. The first kappa shape index (κ1) is 16.2. The molecule has 2 rings (SSSR count). The van der Waals surface area contributed by atoms with Crippen molar-refractivity contribution in [2.75, 3.05) is 0 Å². The Bertz CT molecular complexity index is 877. The van der Waals surface area contributed by atoms with Gasteiger partial charge in [-0.3, -0.25) is 0 Å². The number of halogens is 1. The van der Waals surface area contributed by atoms with Gasteiger partial charge in [0.15, 0.2) is 0 Å². The van der Waals surface area contributed by atoms with E-state index in [1.54, 1.807) is 29.3 Å². The lowest BCUT2D eigenvalue weighted by Crippen LogP contribution is -2.31. The summed E-state index contributed by atoms with van der Waals surface area (Å²) in [6, 6.07) is 12.0. The molecule has 112 valence electrons. The molecule has 0 spiro atoms. The summed E-state index contributed by atoms with van der Waals surface area (Å²) in [4.78, 5) is -0.237. The Morgan fingerprint density at radius 1 is 0.905 bits per heavy atom. The van der Waals surface area contributed by atoms with Gasteiger partial charge in [-0.1, -0.05) is 24.3 Å². The maximum Gasteiger partial charge on any atom is 0.254 e. The fraction of sp³-hybridized carbons (Fsp3) is 0.0769. The monoisotopic (exact) mass is 389 g/mol. The van der Waals surface area contributed by atoms with E-state index in [4.69, 9.17) is 0 Å². The third-order valence-electron chi connectivity index (χ3n) is 2.65. The standard InChI is InChI=1S/C13H12BrNO4S2/c1-10-5-4-6-11(9-10)20(16,17)15-21(18,19)13-8-3-2-7-12(13)14/h2-9,15H,1H3. The van der Waals surface area contributed by atoms with Crippen LogP contribution in [0, 0.1) is 6.92 Å². The van der Waals surface area contributed by atoms with Crippen LogP contribution in [0.4, 0.5) is 0 Å². The zero-order valence-corrected chi connectivity index (χ0v) is 14.2. The highest BCUT2D eigenvalue weighted by Gasteiger charge is 2.25. The molecule has 0 amide bonds. The molecule has 0 bridgehead atoms. The summed E-state index contributed by atoms with van der Waals surface area (Å²) in [6.07, 6.45) is 0. The van der Waals surface area contributed by atoms with E-state index in [2.05, 4.69) is 15.9 Å². The Labute approximate surface area is 132 Å². The summed E-state index contributed by atoms with van der Waals surface area (Å²) in [5.74, 6) is 0. The number of nitrogens with one attached hydrogen (secondary N) is 1. The number of benzene rings is 2. The van der Waals surface area contributed by atoms with Gasteiger partial charge in [0.1, 0.15) is 0 Å². The second kappa shape index (κ2) is 5.88. The van der Waals surface area contributed by atoms with E-state index < -0.39 is 20.0 Å². The van der Waals surface area contributed by atoms with Crippen LogP contribution in [0.2, 0.25) is 0 Å². The Morgan fingerprint density at radius 3 is 2.19 bits per heavy atom. The third kappa shape index (κ3) is 3.70. The van der Waals surface area contributed by atoms with Gasteiger partial charge in [-0.15, -0.1) is 4.13 Å². The topological polar surface area (TPSA) is 80.3 Å². The van der Waals surface area contributed by atoms with Gasteiger partial charge in [-0.2, -0.15) is 0 Å². The van der Waals surface area contributed by atoms with Crippen LogP contribution in [0.25, 0.3) is 0 Å². The zero-order valence-electron chi connectivity index (χ0n) is 10.9.